The zero-order valence-electron chi connectivity index (χ0n) is 10.7. The van der Waals surface area contributed by atoms with E-state index >= 15 is 0 Å². The van der Waals surface area contributed by atoms with Crippen LogP contribution >= 0.6 is 11.3 Å². The predicted molar refractivity (Wildman–Crippen MR) is 77.7 cm³/mol. The van der Waals surface area contributed by atoms with Crippen molar-refractivity contribution >= 4 is 17.0 Å². The Morgan fingerprint density at radius 1 is 1.22 bits per heavy atom. The van der Waals surface area contributed by atoms with E-state index in [1.54, 1.807) is 11.3 Å². The van der Waals surface area contributed by atoms with E-state index in [1.165, 1.54) is 28.8 Å². The predicted octanol–water partition coefficient (Wildman–Crippen LogP) is 3.96. The third-order valence-corrected chi connectivity index (χ3v) is 4.29. The van der Waals surface area contributed by atoms with Crippen LogP contribution < -0.4 is 5.32 Å². The summed E-state index contributed by atoms with van der Waals surface area (Å²) in [6, 6.07) is 9.06. The molecule has 1 aliphatic heterocycles. The summed E-state index contributed by atoms with van der Waals surface area (Å²) in [5.41, 5.74) is 5.56. The molecule has 0 aliphatic carbocycles. The summed E-state index contributed by atoms with van der Waals surface area (Å²) in [4.78, 5) is 0. The molecule has 0 saturated carbocycles. The van der Waals surface area contributed by atoms with Crippen molar-refractivity contribution in [3.05, 3.63) is 51.7 Å². The van der Waals surface area contributed by atoms with Gasteiger partial charge in [0.2, 0.25) is 0 Å². The maximum atomic E-state index is 4.54. The molecule has 0 N–H and O–H groups in total. The molecule has 1 radical (unpaired) electrons. The Kier molecular flexibility index (Phi) is 3.37. The molecule has 1 aliphatic rings. The molecule has 0 fully saturated rings. The summed E-state index contributed by atoms with van der Waals surface area (Å²) < 4.78 is 0. The van der Waals surface area contributed by atoms with Gasteiger partial charge in [-0.1, -0.05) is 19.1 Å². The molecule has 93 valence electrons. The number of rotatable bonds is 4. The number of fused-ring (bicyclic) bond motifs is 1. The van der Waals surface area contributed by atoms with Crippen LogP contribution in [0.5, 0.6) is 0 Å². The Morgan fingerprint density at radius 2 is 2.11 bits per heavy atom. The minimum absolute atomic E-state index is 0.694. The molecule has 3 rings (SSSR count). The lowest BCUT2D eigenvalue weighted by Gasteiger charge is -2.11. The normalized spacial score (nSPS) is 15.2. The van der Waals surface area contributed by atoms with Crippen LogP contribution in [0.3, 0.4) is 0 Å². The molecule has 2 aromatic rings. The van der Waals surface area contributed by atoms with Gasteiger partial charge >= 0.3 is 0 Å². The van der Waals surface area contributed by atoms with E-state index in [0.717, 1.165) is 19.4 Å². The van der Waals surface area contributed by atoms with Gasteiger partial charge in [0.25, 0.3) is 0 Å². The lowest BCUT2D eigenvalue weighted by atomic mass is 9.94. The van der Waals surface area contributed by atoms with Crippen molar-refractivity contribution in [3.63, 3.8) is 0 Å². The Labute approximate surface area is 113 Å². The van der Waals surface area contributed by atoms with Crippen LogP contribution in [0.15, 0.2) is 35.0 Å². The van der Waals surface area contributed by atoms with Gasteiger partial charge in [0.05, 0.1) is 5.69 Å². The van der Waals surface area contributed by atoms with Crippen LogP contribution in [0, 0.1) is 5.92 Å². The first-order valence-corrected chi connectivity index (χ1v) is 7.56. The maximum Gasteiger partial charge on any atom is 0.0609 e. The first kappa shape index (κ1) is 11.8. The minimum atomic E-state index is 0.694. The van der Waals surface area contributed by atoms with E-state index in [1.807, 2.05) is 0 Å². The molecule has 1 atom stereocenters. The number of benzene rings is 1. The molecule has 18 heavy (non-hydrogen) atoms. The number of thiophene rings is 1. The molecular formula is C16H18NS. The summed E-state index contributed by atoms with van der Waals surface area (Å²) in [7, 11) is 0. The first-order valence-electron chi connectivity index (χ1n) is 6.61. The van der Waals surface area contributed by atoms with E-state index in [4.69, 9.17) is 0 Å². The van der Waals surface area contributed by atoms with Crippen molar-refractivity contribution in [2.24, 2.45) is 5.92 Å². The number of hydrogen-bond acceptors (Lipinski definition) is 1. The van der Waals surface area contributed by atoms with Crippen molar-refractivity contribution in [1.29, 1.82) is 0 Å². The van der Waals surface area contributed by atoms with Gasteiger partial charge in [0, 0.05) is 6.54 Å². The molecule has 0 saturated heterocycles. The highest BCUT2D eigenvalue weighted by Crippen LogP contribution is 2.25. The van der Waals surface area contributed by atoms with Gasteiger partial charge in [-0.05, 0) is 64.8 Å². The zero-order valence-corrected chi connectivity index (χ0v) is 11.5. The van der Waals surface area contributed by atoms with E-state index in [-0.39, 0.29) is 0 Å². The van der Waals surface area contributed by atoms with Crippen LogP contribution in [0.1, 0.15) is 23.6 Å². The second-order valence-corrected chi connectivity index (χ2v) is 6.02. The molecule has 1 unspecified atom stereocenters. The smallest absolute Gasteiger partial charge is 0.0609 e. The molecule has 1 aromatic heterocycles. The molecule has 0 spiro atoms. The third-order valence-electron chi connectivity index (χ3n) is 3.56. The molecule has 0 bridgehead atoms. The van der Waals surface area contributed by atoms with Gasteiger partial charge in [-0.3, -0.25) is 5.32 Å². The SMILES string of the molecule is CC(Cc1ccsc1)Cc1ccc2c(c1)[N]CC2. The number of nitrogens with zero attached hydrogens (tertiary/aromatic N) is 1. The van der Waals surface area contributed by atoms with Gasteiger partial charge in [-0.25, -0.2) is 0 Å². The first-order chi connectivity index (χ1) is 8.81. The van der Waals surface area contributed by atoms with E-state index in [9.17, 15) is 0 Å². The van der Waals surface area contributed by atoms with Crippen LogP contribution in [0.2, 0.25) is 0 Å². The lowest BCUT2D eigenvalue weighted by Crippen LogP contribution is -2.03. The molecule has 2 heteroatoms. The second-order valence-electron chi connectivity index (χ2n) is 5.24. The summed E-state index contributed by atoms with van der Waals surface area (Å²) in [6.07, 6.45) is 3.45. The monoisotopic (exact) mass is 256 g/mol. The summed E-state index contributed by atoms with van der Waals surface area (Å²) in [5, 5.41) is 8.97. The average Bonchev–Trinajstić information content (AvgIpc) is 2.98. The molecular weight excluding hydrogens is 238 g/mol. The Bertz CT molecular complexity index is 516. The van der Waals surface area contributed by atoms with Crippen molar-refractivity contribution in [1.82, 2.24) is 5.32 Å². The van der Waals surface area contributed by atoms with Crippen molar-refractivity contribution in [2.75, 3.05) is 6.54 Å². The Morgan fingerprint density at radius 3 is 2.94 bits per heavy atom. The lowest BCUT2D eigenvalue weighted by molar-refractivity contribution is 0.578. The van der Waals surface area contributed by atoms with Crippen molar-refractivity contribution in [2.45, 2.75) is 26.2 Å². The van der Waals surface area contributed by atoms with Crippen molar-refractivity contribution < 1.29 is 0 Å². The van der Waals surface area contributed by atoms with E-state index in [2.05, 4.69) is 47.3 Å². The minimum Gasteiger partial charge on any atom is -0.285 e. The van der Waals surface area contributed by atoms with Crippen molar-refractivity contribution in [3.8, 4) is 0 Å². The topological polar surface area (TPSA) is 14.1 Å². The fraction of sp³-hybridized carbons (Fsp3) is 0.375. The third kappa shape index (κ3) is 2.59. The second kappa shape index (κ2) is 5.15. The molecule has 2 heterocycles. The van der Waals surface area contributed by atoms with Gasteiger partial charge in [-0.15, -0.1) is 0 Å². The number of hydrogen-bond donors (Lipinski definition) is 0. The zero-order chi connectivity index (χ0) is 12.4. The largest absolute Gasteiger partial charge is 0.285 e. The standard InChI is InChI=1S/C16H18NS/c1-12(9-14-5-7-18-11-14)8-13-2-3-15-4-6-17-16(15)10-13/h2-3,5,7,10-12H,4,6,8-9H2,1H3. The highest BCUT2D eigenvalue weighted by atomic mass is 32.1. The Balaban J connectivity index is 1.65. The van der Waals surface area contributed by atoms with Gasteiger partial charge in [0.1, 0.15) is 0 Å². The van der Waals surface area contributed by atoms with Gasteiger partial charge < -0.3 is 0 Å². The average molecular weight is 256 g/mol. The van der Waals surface area contributed by atoms with Crippen LogP contribution in [0.25, 0.3) is 0 Å². The van der Waals surface area contributed by atoms with Gasteiger partial charge in [-0.2, -0.15) is 11.3 Å². The fourth-order valence-corrected chi connectivity index (χ4v) is 3.36. The van der Waals surface area contributed by atoms with Crippen LogP contribution in [-0.2, 0) is 19.3 Å². The molecule has 1 aromatic carbocycles. The summed E-state index contributed by atoms with van der Waals surface area (Å²) in [5.74, 6) is 0.694. The summed E-state index contributed by atoms with van der Waals surface area (Å²) in [6.45, 7) is 3.31. The highest BCUT2D eigenvalue weighted by molar-refractivity contribution is 7.07. The highest BCUT2D eigenvalue weighted by Gasteiger charge is 2.13. The summed E-state index contributed by atoms with van der Waals surface area (Å²) >= 11 is 1.79. The maximum absolute atomic E-state index is 4.54. The van der Waals surface area contributed by atoms with Crippen LogP contribution in [0.4, 0.5) is 5.69 Å². The Hall–Kier alpha value is -1.28. The van der Waals surface area contributed by atoms with Gasteiger partial charge in [0.15, 0.2) is 0 Å². The fourth-order valence-electron chi connectivity index (χ4n) is 2.68. The molecule has 0 amide bonds. The molecule has 1 nitrogen and oxygen atoms in total. The quantitative estimate of drug-likeness (QED) is 0.786. The van der Waals surface area contributed by atoms with E-state index < -0.39 is 0 Å². The van der Waals surface area contributed by atoms with Crippen LogP contribution in [-0.4, -0.2) is 6.54 Å². The van der Waals surface area contributed by atoms with E-state index in [0.29, 0.717) is 5.92 Å².